The van der Waals surface area contributed by atoms with Crippen molar-refractivity contribution >= 4 is 17.7 Å². The van der Waals surface area contributed by atoms with Gasteiger partial charge in [0.2, 0.25) is 0 Å². The van der Waals surface area contributed by atoms with Gasteiger partial charge in [0.05, 0.1) is 18.1 Å². The number of carbonyl (C=O) groups excluding carboxylic acids is 3. The number of aliphatic hydroxyl groups excluding tert-OH is 1. The fraction of sp³-hybridized carbons (Fsp3) is 0.800. The number of unbranched alkanes of at least 4 members (excludes halogenated alkanes) is 6. The monoisotopic (exact) mass is 602 g/mol. The van der Waals surface area contributed by atoms with Gasteiger partial charge in [-0.25, -0.2) is 0 Å². The number of aliphatic hydroxyl groups is 3. The first-order chi connectivity index (χ1) is 20.2. The van der Waals surface area contributed by atoms with Crippen LogP contribution in [0.1, 0.15) is 113 Å². The van der Waals surface area contributed by atoms with Gasteiger partial charge in [-0.1, -0.05) is 92.2 Å². The fourth-order valence-electron chi connectivity index (χ4n) is 8.68. The second-order valence-corrected chi connectivity index (χ2v) is 14.4. The van der Waals surface area contributed by atoms with Gasteiger partial charge in [-0.15, -0.1) is 0 Å². The van der Waals surface area contributed by atoms with E-state index in [9.17, 15) is 29.7 Å². The Morgan fingerprint density at radius 1 is 1.05 bits per heavy atom. The fourth-order valence-corrected chi connectivity index (χ4v) is 8.68. The molecule has 8 heteroatoms. The van der Waals surface area contributed by atoms with Crippen LogP contribution in [-0.2, 0) is 23.9 Å². The van der Waals surface area contributed by atoms with Gasteiger partial charge in [0.25, 0.3) is 0 Å². The van der Waals surface area contributed by atoms with E-state index in [1.807, 2.05) is 20.8 Å². The van der Waals surface area contributed by atoms with E-state index < -0.39 is 63.7 Å². The number of esters is 2. The van der Waals surface area contributed by atoms with Crippen molar-refractivity contribution in [2.45, 2.75) is 136 Å². The average Bonchev–Trinajstić information content (AvgIpc) is 3.39. The largest absolute Gasteiger partial charge is 0.458 e. The molecule has 2 saturated carbocycles. The summed E-state index contributed by atoms with van der Waals surface area (Å²) in [5.41, 5.74) is -4.75. The molecule has 0 heterocycles. The molecule has 4 aliphatic rings. The zero-order valence-corrected chi connectivity index (χ0v) is 27.3. The summed E-state index contributed by atoms with van der Waals surface area (Å²) >= 11 is 0. The average molecular weight is 603 g/mol. The van der Waals surface area contributed by atoms with E-state index in [0.717, 1.165) is 19.3 Å². The number of ether oxygens (including phenoxy) is 2. The van der Waals surface area contributed by atoms with Crippen molar-refractivity contribution in [3.8, 4) is 0 Å². The molecule has 0 bridgehead atoms. The highest BCUT2D eigenvalue weighted by atomic mass is 16.6. The first-order valence-electron chi connectivity index (χ1n) is 16.6. The first-order valence-corrected chi connectivity index (χ1v) is 16.6. The van der Waals surface area contributed by atoms with E-state index in [1.54, 1.807) is 32.9 Å². The van der Waals surface area contributed by atoms with Gasteiger partial charge in [0.1, 0.15) is 11.7 Å². The summed E-state index contributed by atoms with van der Waals surface area (Å²) in [6.07, 6.45) is 10.5. The Morgan fingerprint density at radius 2 is 1.67 bits per heavy atom. The number of Topliss-reactive ketones (excluding diaryl/α,β-unsaturated/α-hetero) is 1. The van der Waals surface area contributed by atoms with E-state index in [1.165, 1.54) is 19.3 Å². The molecule has 0 saturated heterocycles. The molecule has 4 unspecified atom stereocenters. The van der Waals surface area contributed by atoms with E-state index in [-0.39, 0.29) is 31.3 Å². The van der Waals surface area contributed by atoms with Crippen LogP contribution < -0.4 is 0 Å². The van der Waals surface area contributed by atoms with Crippen LogP contribution in [0.25, 0.3) is 0 Å². The van der Waals surface area contributed by atoms with Crippen molar-refractivity contribution in [1.82, 2.24) is 0 Å². The van der Waals surface area contributed by atoms with Crippen LogP contribution in [0.3, 0.4) is 0 Å². The van der Waals surface area contributed by atoms with Crippen molar-refractivity contribution in [2.24, 2.45) is 35.0 Å². The number of carbonyl (C=O) groups is 3. The third-order valence-corrected chi connectivity index (χ3v) is 11.5. The molecule has 0 amide bonds. The van der Waals surface area contributed by atoms with E-state index >= 15 is 0 Å². The van der Waals surface area contributed by atoms with Crippen molar-refractivity contribution in [3.05, 3.63) is 23.3 Å². The number of ketones is 1. The molecule has 8 nitrogen and oxygen atoms in total. The molecule has 4 rings (SSSR count). The van der Waals surface area contributed by atoms with Gasteiger partial charge in [0.15, 0.2) is 11.4 Å². The Morgan fingerprint density at radius 3 is 2.28 bits per heavy atom. The standard InChI is InChI=1S/C35H54O8/c1-8-10-11-12-13-14-15-16-27(37)42-30-23(5)34(41)25(28-32(6,7)35(28,30)43-31(39)21(3)9-2)18-24(20-36)19-33(40)26(34)17-22(4)29(33)38/h17-18,21,23,25-26,28,30,36,40-41H,8-16,19-20H2,1-7H3/t21?,23-,25?,26?,28?,30-,33-,34-,35-/m1/s1. The predicted octanol–water partition coefficient (Wildman–Crippen LogP) is 5.22. The molecule has 0 radical (unpaired) electrons. The van der Waals surface area contributed by atoms with E-state index in [2.05, 4.69) is 6.92 Å². The normalized spacial score (nSPS) is 38.1. The van der Waals surface area contributed by atoms with Crippen molar-refractivity contribution in [2.75, 3.05) is 6.61 Å². The van der Waals surface area contributed by atoms with Crippen LogP contribution in [0.4, 0.5) is 0 Å². The maximum Gasteiger partial charge on any atom is 0.309 e. The molecule has 9 atom stereocenters. The minimum atomic E-state index is -1.94. The van der Waals surface area contributed by atoms with Gasteiger partial charge < -0.3 is 24.8 Å². The lowest BCUT2D eigenvalue weighted by molar-refractivity contribution is -0.230. The summed E-state index contributed by atoms with van der Waals surface area (Å²) < 4.78 is 12.7. The number of hydrogen-bond donors (Lipinski definition) is 3. The third-order valence-electron chi connectivity index (χ3n) is 11.5. The Balaban J connectivity index is 1.72. The smallest absolute Gasteiger partial charge is 0.309 e. The molecule has 0 aromatic rings. The highest BCUT2D eigenvalue weighted by molar-refractivity contribution is 6.04. The molecule has 0 aromatic carbocycles. The number of fused-ring (bicyclic) bond motifs is 5. The second-order valence-electron chi connectivity index (χ2n) is 14.4. The SMILES string of the molecule is CCCCCCCCCC(=O)O[C@@H]1[C@@H](C)[C@@]2(O)C(C=C(CO)C[C@]3(O)C(=O)C(C)=CC23)C2C(C)(C)[C@@]21OC(=O)C(C)CC. The van der Waals surface area contributed by atoms with Crippen molar-refractivity contribution in [3.63, 3.8) is 0 Å². The van der Waals surface area contributed by atoms with E-state index in [0.29, 0.717) is 24.0 Å². The maximum atomic E-state index is 13.4. The quantitative estimate of drug-likeness (QED) is 0.149. The summed E-state index contributed by atoms with van der Waals surface area (Å²) in [7, 11) is 0. The molecule has 4 aliphatic carbocycles. The van der Waals surface area contributed by atoms with Gasteiger partial charge in [-0.3, -0.25) is 14.4 Å². The summed E-state index contributed by atoms with van der Waals surface area (Å²) in [5, 5.41) is 35.0. The zero-order valence-electron chi connectivity index (χ0n) is 27.3. The molecular weight excluding hydrogens is 548 g/mol. The van der Waals surface area contributed by atoms with Gasteiger partial charge >= 0.3 is 11.9 Å². The molecule has 0 aliphatic heterocycles. The topological polar surface area (TPSA) is 130 Å². The first kappa shape index (κ1) is 33.9. The lowest BCUT2D eigenvalue weighted by Crippen LogP contribution is -2.66. The maximum absolute atomic E-state index is 13.4. The molecule has 0 aromatic heterocycles. The Kier molecular flexibility index (Phi) is 9.76. The summed E-state index contributed by atoms with van der Waals surface area (Å²) in [6.45, 7) is 12.8. The summed E-state index contributed by atoms with van der Waals surface area (Å²) in [4.78, 5) is 40.1. The third kappa shape index (κ3) is 5.33. The van der Waals surface area contributed by atoms with Crippen LogP contribution in [-0.4, -0.2) is 62.6 Å². The van der Waals surface area contributed by atoms with Gasteiger partial charge in [0, 0.05) is 41.9 Å². The molecule has 242 valence electrons. The zero-order chi connectivity index (χ0) is 32.0. The molecule has 43 heavy (non-hydrogen) atoms. The van der Waals surface area contributed by atoms with Crippen LogP contribution in [0, 0.1) is 35.0 Å². The molecule has 0 spiro atoms. The Bertz CT molecular complexity index is 1150. The number of rotatable bonds is 13. The molecule has 2 fully saturated rings. The minimum absolute atomic E-state index is 0.109. The van der Waals surface area contributed by atoms with E-state index in [4.69, 9.17) is 9.47 Å². The highest BCUT2D eigenvalue weighted by Gasteiger charge is 2.88. The molecular formula is C35H54O8. The van der Waals surface area contributed by atoms with Gasteiger partial charge in [-0.2, -0.15) is 0 Å². The summed E-state index contributed by atoms with van der Waals surface area (Å²) in [6, 6.07) is 0. The lowest BCUT2D eigenvalue weighted by Gasteiger charge is -2.53. The molecule has 3 N–H and O–H groups in total. The van der Waals surface area contributed by atoms with Crippen LogP contribution in [0.15, 0.2) is 23.3 Å². The van der Waals surface area contributed by atoms with Crippen LogP contribution >= 0.6 is 0 Å². The predicted molar refractivity (Wildman–Crippen MR) is 163 cm³/mol. The minimum Gasteiger partial charge on any atom is -0.458 e. The Hall–Kier alpha value is -2.03. The van der Waals surface area contributed by atoms with Crippen molar-refractivity contribution in [1.29, 1.82) is 0 Å². The van der Waals surface area contributed by atoms with Crippen molar-refractivity contribution < 1.29 is 39.2 Å². The van der Waals surface area contributed by atoms with Crippen LogP contribution in [0.5, 0.6) is 0 Å². The lowest BCUT2D eigenvalue weighted by atomic mass is 9.59. The van der Waals surface area contributed by atoms with Gasteiger partial charge in [-0.05, 0) is 30.9 Å². The second kappa shape index (κ2) is 12.4. The number of hydrogen-bond acceptors (Lipinski definition) is 8. The van der Waals surface area contributed by atoms with Crippen LogP contribution in [0.2, 0.25) is 0 Å². The highest BCUT2D eigenvalue weighted by Crippen LogP contribution is 2.77. The summed E-state index contributed by atoms with van der Waals surface area (Å²) in [5.74, 6) is -4.57. The Labute approximate surface area is 257 Å².